The van der Waals surface area contributed by atoms with Crippen molar-refractivity contribution >= 4 is 34.9 Å². The Labute approximate surface area is 187 Å². The summed E-state index contributed by atoms with van der Waals surface area (Å²) in [5.74, 6) is 0. The molecule has 0 aromatic heterocycles. The highest BCUT2D eigenvalue weighted by atomic mass is 35.5. The molecule has 4 nitrogen and oxygen atoms in total. The lowest BCUT2D eigenvalue weighted by atomic mass is 9.96. The van der Waals surface area contributed by atoms with Crippen LogP contribution in [0.25, 0.3) is 0 Å². The normalized spacial score (nSPS) is 14.7. The minimum Gasteiger partial charge on any atom is -0.322 e. The number of hydrogen-bond acceptors (Lipinski definition) is 2. The lowest BCUT2D eigenvalue weighted by Gasteiger charge is -2.39. The maximum Gasteiger partial charge on any atom is 0.321 e. The summed E-state index contributed by atoms with van der Waals surface area (Å²) < 4.78 is 0. The molecule has 3 aromatic carbocycles. The van der Waals surface area contributed by atoms with Crippen molar-refractivity contribution in [3.05, 3.63) is 100 Å². The smallest absolute Gasteiger partial charge is 0.321 e. The van der Waals surface area contributed by atoms with Gasteiger partial charge in [-0.2, -0.15) is 0 Å². The van der Waals surface area contributed by atoms with E-state index in [1.807, 2.05) is 17.0 Å². The van der Waals surface area contributed by atoms with E-state index in [1.165, 1.54) is 11.1 Å². The van der Waals surface area contributed by atoms with Gasteiger partial charge in [0.05, 0.1) is 16.8 Å². The predicted octanol–water partition coefficient (Wildman–Crippen LogP) is 5.93. The quantitative estimate of drug-likeness (QED) is 0.546. The van der Waals surface area contributed by atoms with Gasteiger partial charge >= 0.3 is 6.03 Å². The molecule has 1 aliphatic rings. The first-order valence-corrected chi connectivity index (χ1v) is 10.7. The molecule has 1 heterocycles. The SMILES string of the molecule is O=C(Nc1cc(Cl)ccc1Cl)N1CCN(C(c2ccccc2)c2ccccc2)CC1. The maximum atomic E-state index is 12.7. The van der Waals surface area contributed by atoms with Gasteiger partial charge < -0.3 is 10.2 Å². The number of rotatable bonds is 4. The van der Waals surface area contributed by atoms with E-state index in [4.69, 9.17) is 23.2 Å². The van der Waals surface area contributed by atoms with Crippen molar-refractivity contribution in [1.29, 1.82) is 0 Å². The number of benzene rings is 3. The Hall–Kier alpha value is -2.53. The number of anilines is 1. The van der Waals surface area contributed by atoms with E-state index >= 15 is 0 Å². The Morgan fingerprint density at radius 3 is 1.93 bits per heavy atom. The summed E-state index contributed by atoms with van der Waals surface area (Å²) in [7, 11) is 0. The largest absolute Gasteiger partial charge is 0.322 e. The molecule has 6 heteroatoms. The summed E-state index contributed by atoms with van der Waals surface area (Å²) in [5, 5.41) is 3.89. The van der Waals surface area contributed by atoms with Gasteiger partial charge in [-0.15, -0.1) is 0 Å². The van der Waals surface area contributed by atoms with E-state index in [0.29, 0.717) is 28.8 Å². The van der Waals surface area contributed by atoms with Crippen molar-refractivity contribution in [3.8, 4) is 0 Å². The average molecular weight is 440 g/mol. The molecule has 0 radical (unpaired) electrons. The molecule has 1 aliphatic heterocycles. The number of hydrogen-bond donors (Lipinski definition) is 1. The molecule has 1 saturated heterocycles. The van der Waals surface area contributed by atoms with Gasteiger partial charge in [-0.05, 0) is 29.3 Å². The second kappa shape index (κ2) is 9.52. The molecule has 1 N–H and O–H groups in total. The molecule has 0 spiro atoms. The molecule has 4 rings (SSSR count). The molecule has 0 saturated carbocycles. The first-order chi connectivity index (χ1) is 14.6. The zero-order valence-corrected chi connectivity index (χ0v) is 18.0. The summed E-state index contributed by atoms with van der Waals surface area (Å²) in [6, 6.07) is 26.1. The predicted molar refractivity (Wildman–Crippen MR) is 123 cm³/mol. The summed E-state index contributed by atoms with van der Waals surface area (Å²) >= 11 is 12.2. The number of halogens is 2. The van der Waals surface area contributed by atoms with Crippen molar-refractivity contribution in [2.75, 3.05) is 31.5 Å². The summed E-state index contributed by atoms with van der Waals surface area (Å²) in [5.41, 5.74) is 3.04. The van der Waals surface area contributed by atoms with Crippen molar-refractivity contribution < 1.29 is 4.79 Å². The molecular formula is C24H23Cl2N3O. The zero-order valence-electron chi connectivity index (χ0n) is 16.5. The number of carbonyl (C=O) groups is 1. The molecule has 0 atom stereocenters. The number of nitrogens with one attached hydrogen (secondary N) is 1. The summed E-state index contributed by atoms with van der Waals surface area (Å²) in [6.45, 7) is 2.84. The van der Waals surface area contributed by atoms with Crippen LogP contribution in [0.4, 0.5) is 10.5 Å². The van der Waals surface area contributed by atoms with Crippen LogP contribution in [0.15, 0.2) is 78.9 Å². The van der Waals surface area contributed by atoms with Crippen LogP contribution in [0.5, 0.6) is 0 Å². The molecule has 0 aliphatic carbocycles. The van der Waals surface area contributed by atoms with Gasteiger partial charge in [0.1, 0.15) is 0 Å². The zero-order chi connectivity index (χ0) is 20.9. The number of piperazine rings is 1. The van der Waals surface area contributed by atoms with Crippen LogP contribution in [0.3, 0.4) is 0 Å². The molecular weight excluding hydrogens is 417 g/mol. The highest BCUT2D eigenvalue weighted by Crippen LogP contribution is 2.30. The van der Waals surface area contributed by atoms with E-state index in [0.717, 1.165) is 13.1 Å². The number of nitrogens with zero attached hydrogens (tertiary/aromatic N) is 2. The van der Waals surface area contributed by atoms with E-state index in [9.17, 15) is 4.79 Å². The first-order valence-electron chi connectivity index (χ1n) is 9.97. The molecule has 3 aromatic rings. The van der Waals surface area contributed by atoms with E-state index in [2.05, 4.69) is 58.7 Å². The topological polar surface area (TPSA) is 35.6 Å². The second-order valence-corrected chi connectivity index (χ2v) is 8.14. The number of urea groups is 1. The Morgan fingerprint density at radius 1 is 0.800 bits per heavy atom. The van der Waals surface area contributed by atoms with Gasteiger partial charge in [-0.1, -0.05) is 83.9 Å². The number of carbonyl (C=O) groups excluding carboxylic acids is 1. The third-order valence-corrected chi connectivity index (χ3v) is 5.93. The summed E-state index contributed by atoms with van der Waals surface area (Å²) in [6.07, 6.45) is 0. The Kier molecular flexibility index (Phi) is 6.58. The molecule has 2 amide bonds. The van der Waals surface area contributed by atoms with Crippen LogP contribution >= 0.6 is 23.2 Å². The second-order valence-electron chi connectivity index (χ2n) is 7.30. The Bertz CT molecular complexity index is 950. The lowest BCUT2D eigenvalue weighted by molar-refractivity contribution is 0.126. The van der Waals surface area contributed by atoms with Crippen LogP contribution in [0, 0.1) is 0 Å². The maximum absolute atomic E-state index is 12.7. The van der Waals surface area contributed by atoms with Crippen molar-refractivity contribution in [1.82, 2.24) is 9.80 Å². The van der Waals surface area contributed by atoms with Gasteiger partial charge in [0.15, 0.2) is 0 Å². The molecule has 30 heavy (non-hydrogen) atoms. The van der Waals surface area contributed by atoms with Gasteiger partial charge in [0.25, 0.3) is 0 Å². The third kappa shape index (κ3) is 4.78. The van der Waals surface area contributed by atoms with E-state index < -0.39 is 0 Å². The highest BCUT2D eigenvalue weighted by Gasteiger charge is 2.28. The molecule has 0 bridgehead atoms. The van der Waals surface area contributed by atoms with Crippen LogP contribution in [-0.4, -0.2) is 42.0 Å². The van der Waals surface area contributed by atoms with Gasteiger partial charge in [0, 0.05) is 31.2 Å². The molecule has 154 valence electrons. The fourth-order valence-corrected chi connectivity index (χ4v) is 4.19. The van der Waals surface area contributed by atoms with Crippen LogP contribution < -0.4 is 5.32 Å². The average Bonchev–Trinajstić information content (AvgIpc) is 2.78. The van der Waals surface area contributed by atoms with Gasteiger partial charge in [-0.25, -0.2) is 4.79 Å². The van der Waals surface area contributed by atoms with Gasteiger partial charge in [-0.3, -0.25) is 4.90 Å². The fourth-order valence-electron chi connectivity index (χ4n) is 3.86. The van der Waals surface area contributed by atoms with Crippen LogP contribution in [-0.2, 0) is 0 Å². The Balaban J connectivity index is 1.46. The van der Waals surface area contributed by atoms with Crippen molar-refractivity contribution in [2.45, 2.75) is 6.04 Å². The minimum atomic E-state index is -0.158. The van der Waals surface area contributed by atoms with Crippen LogP contribution in [0.1, 0.15) is 17.2 Å². The minimum absolute atomic E-state index is 0.158. The molecule has 0 unspecified atom stereocenters. The number of amides is 2. The highest BCUT2D eigenvalue weighted by molar-refractivity contribution is 6.35. The third-order valence-electron chi connectivity index (χ3n) is 5.37. The van der Waals surface area contributed by atoms with Crippen LogP contribution in [0.2, 0.25) is 10.0 Å². The van der Waals surface area contributed by atoms with Gasteiger partial charge in [0.2, 0.25) is 0 Å². The first kappa shape index (κ1) is 20.7. The fraction of sp³-hybridized carbons (Fsp3) is 0.208. The van der Waals surface area contributed by atoms with E-state index in [1.54, 1.807) is 18.2 Å². The molecule has 1 fully saturated rings. The standard InChI is InChI=1S/C24H23Cl2N3O/c25-20-11-12-21(26)22(17-20)27-24(30)29-15-13-28(14-16-29)23(18-7-3-1-4-8-18)19-9-5-2-6-10-19/h1-12,17,23H,13-16H2,(H,27,30). The van der Waals surface area contributed by atoms with Crippen molar-refractivity contribution in [3.63, 3.8) is 0 Å². The summed E-state index contributed by atoms with van der Waals surface area (Å²) in [4.78, 5) is 17.0. The lowest BCUT2D eigenvalue weighted by Crippen LogP contribution is -2.51. The van der Waals surface area contributed by atoms with Crippen molar-refractivity contribution in [2.24, 2.45) is 0 Å². The van der Waals surface area contributed by atoms with E-state index in [-0.39, 0.29) is 12.1 Å². The monoisotopic (exact) mass is 439 g/mol. The Morgan fingerprint density at radius 2 is 1.37 bits per heavy atom.